The van der Waals surface area contributed by atoms with Gasteiger partial charge in [-0.25, -0.2) is 0 Å². The predicted molar refractivity (Wildman–Crippen MR) is 78.5 cm³/mol. The number of aromatic nitrogens is 3. The van der Waals surface area contributed by atoms with Crippen molar-refractivity contribution < 1.29 is 9.64 Å². The fourth-order valence-corrected chi connectivity index (χ4v) is 2.17. The van der Waals surface area contributed by atoms with E-state index in [9.17, 15) is 0 Å². The summed E-state index contributed by atoms with van der Waals surface area (Å²) in [6, 6.07) is 0.249. The van der Waals surface area contributed by atoms with Crippen molar-refractivity contribution in [3.63, 3.8) is 0 Å². The third-order valence-electron chi connectivity index (χ3n) is 2.99. The Bertz CT molecular complexity index is 424. The molecule has 0 atom stereocenters. The minimum absolute atomic E-state index is 0.198. The Hall–Kier alpha value is -1.18. The molecule has 1 aliphatic rings. The lowest BCUT2D eigenvalue weighted by Crippen LogP contribution is -3.14. The van der Waals surface area contributed by atoms with Crippen molar-refractivity contribution >= 4 is 23.5 Å². The smallest absolute Gasteiger partial charge is 0.229 e. The summed E-state index contributed by atoms with van der Waals surface area (Å²) < 4.78 is 5.33. The summed E-state index contributed by atoms with van der Waals surface area (Å²) in [6.07, 6.45) is 0. The lowest BCUT2D eigenvalue weighted by Gasteiger charge is -2.23. The van der Waals surface area contributed by atoms with Crippen molar-refractivity contribution in [3.05, 3.63) is 5.28 Å². The molecular weight excluding hydrogens is 280 g/mol. The number of anilines is 2. The average molecular weight is 302 g/mol. The lowest BCUT2D eigenvalue weighted by molar-refractivity contribution is -0.906. The van der Waals surface area contributed by atoms with Crippen LogP contribution in [0, 0.1) is 0 Å². The van der Waals surface area contributed by atoms with Gasteiger partial charge in [0.25, 0.3) is 0 Å². The Morgan fingerprint density at radius 3 is 2.60 bits per heavy atom. The van der Waals surface area contributed by atoms with E-state index < -0.39 is 0 Å². The number of rotatable bonds is 6. The van der Waals surface area contributed by atoms with Crippen molar-refractivity contribution in [3.8, 4) is 0 Å². The SMILES string of the molecule is CC(C)Nc1nc(Cl)nc(NCC[NH+]2CCOCC2)n1. The molecule has 0 aromatic carbocycles. The van der Waals surface area contributed by atoms with E-state index in [1.54, 1.807) is 0 Å². The first-order valence-electron chi connectivity index (χ1n) is 6.97. The Morgan fingerprint density at radius 2 is 1.90 bits per heavy atom. The number of quaternary nitrogens is 1. The van der Waals surface area contributed by atoms with Crippen LogP contribution >= 0.6 is 11.6 Å². The first kappa shape index (κ1) is 15.2. The summed E-state index contributed by atoms with van der Waals surface area (Å²) in [5, 5.41) is 6.51. The van der Waals surface area contributed by atoms with Gasteiger partial charge in [0.05, 0.1) is 26.3 Å². The molecule has 1 aliphatic heterocycles. The second-order valence-electron chi connectivity index (χ2n) is 5.09. The van der Waals surface area contributed by atoms with Gasteiger partial charge < -0.3 is 20.3 Å². The van der Waals surface area contributed by atoms with Crippen molar-refractivity contribution in [2.45, 2.75) is 19.9 Å². The maximum atomic E-state index is 5.90. The van der Waals surface area contributed by atoms with Crippen LogP contribution in [0.25, 0.3) is 0 Å². The van der Waals surface area contributed by atoms with E-state index in [2.05, 4.69) is 25.6 Å². The molecule has 2 heterocycles. The van der Waals surface area contributed by atoms with Crippen LogP contribution in [-0.2, 0) is 4.74 Å². The normalized spacial score (nSPS) is 16.4. The van der Waals surface area contributed by atoms with Crippen LogP contribution < -0.4 is 15.5 Å². The molecule has 1 fully saturated rings. The van der Waals surface area contributed by atoms with Crippen LogP contribution in [0.5, 0.6) is 0 Å². The van der Waals surface area contributed by atoms with Gasteiger partial charge in [0, 0.05) is 6.04 Å². The van der Waals surface area contributed by atoms with E-state index in [-0.39, 0.29) is 11.3 Å². The van der Waals surface area contributed by atoms with E-state index in [1.165, 1.54) is 4.90 Å². The van der Waals surface area contributed by atoms with E-state index in [4.69, 9.17) is 16.3 Å². The highest BCUT2D eigenvalue weighted by Gasteiger charge is 2.13. The van der Waals surface area contributed by atoms with Crippen molar-refractivity contribution in [2.75, 3.05) is 50.0 Å². The van der Waals surface area contributed by atoms with Gasteiger partial charge in [0.2, 0.25) is 17.2 Å². The van der Waals surface area contributed by atoms with Gasteiger partial charge in [-0.1, -0.05) is 0 Å². The number of hydrogen-bond acceptors (Lipinski definition) is 6. The van der Waals surface area contributed by atoms with Crippen LogP contribution in [0.2, 0.25) is 5.28 Å². The number of ether oxygens (including phenoxy) is 1. The standard InChI is InChI=1S/C12H21ClN6O/c1-9(2)15-12-17-10(13)16-11(18-12)14-3-4-19-5-7-20-8-6-19/h9H,3-8H2,1-2H3,(H2,14,15,16,17,18)/p+1. The maximum Gasteiger partial charge on any atom is 0.229 e. The molecule has 0 bridgehead atoms. The van der Waals surface area contributed by atoms with Gasteiger partial charge in [-0.2, -0.15) is 15.0 Å². The van der Waals surface area contributed by atoms with E-state index >= 15 is 0 Å². The largest absolute Gasteiger partial charge is 0.370 e. The fraction of sp³-hybridized carbons (Fsp3) is 0.750. The number of nitrogens with one attached hydrogen (secondary N) is 3. The molecular formula is C12H22ClN6O+. The molecule has 0 unspecified atom stereocenters. The minimum Gasteiger partial charge on any atom is -0.370 e. The van der Waals surface area contributed by atoms with E-state index in [0.29, 0.717) is 11.9 Å². The lowest BCUT2D eigenvalue weighted by atomic mass is 10.4. The zero-order valence-corrected chi connectivity index (χ0v) is 12.7. The molecule has 1 aromatic heterocycles. The molecule has 1 saturated heterocycles. The van der Waals surface area contributed by atoms with Crippen molar-refractivity contribution in [1.29, 1.82) is 0 Å². The van der Waals surface area contributed by atoms with Gasteiger partial charge in [-0.3, -0.25) is 0 Å². The molecule has 2 rings (SSSR count). The zero-order valence-electron chi connectivity index (χ0n) is 11.9. The van der Waals surface area contributed by atoms with Crippen LogP contribution in [0.15, 0.2) is 0 Å². The molecule has 0 amide bonds. The number of nitrogens with zero attached hydrogens (tertiary/aromatic N) is 3. The van der Waals surface area contributed by atoms with Gasteiger partial charge in [0.15, 0.2) is 0 Å². The minimum atomic E-state index is 0.198. The summed E-state index contributed by atoms with van der Waals surface area (Å²) in [7, 11) is 0. The van der Waals surface area contributed by atoms with Crippen molar-refractivity contribution in [1.82, 2.24) is 15.0 Å². The molecule has 3 N–H and O–H groups in total. The molecule has 8 heteroatoms. The summed E-state index contributed by atoms with van der Waals surface area (Å²) in [5.74, 6) is 1.02. The summed E-state index contributed by atoms with van der Waals surface area (Å²) in [5.41, 5.74) is 0. The molecule has 0 aliphatic carbocycles. The number of hydrogen-bond donors (Lipinski definition) is 3. The monoisotopic (exact) mass is 301 g/mol. The molecule has 0 spiro atoms. The summed E-state index contributed by atoms with van der Waals surface area (Å²) in [6.45, 7) is 9.65. The molecule has 20 heavy (non-hydrogen) atoms. The van der Waals surface area contributed by atoms with E-state index in [1.807, 2.05) is 13.8 Å². The topological polar surface area (TPSA) is 76.4 Å². The molecule has 0 radical (unpaired) electrons. The highest BCUT2D eigenvalue weighted by Crippen LogP contribution is 2.09. The van der Waals surface area contributed by atoms with Gasteiger partial charge in [-0.05, 0) is 25.4 Å². The highest BCUT2D eigenvalue weighted by molar-refractivity contribution is 6.28. The Kier molecular flexibility index (Phi) is 5.75. The molecule has 1 aromatic rings. The number of halogens is 1. The quantitative estimate of drug-likeness (QED) is 0.668. The first-order chi connectivity index (χ1) is 9.63. The van der Waals surface area contributed by atoms with Crippen molar-refractivity contribution in [2.24, 2.45) is 0 Å². The second kappa shape index (κ2) is 7.56. The molecule has 7 nitrogen and oxygen atoms in total. The van der Waals surface area contributed by atoms with Crippen LogP contribution in [-0.4, -0.2) is 60.4 Å². The third-order valence-corrected chi connectivity index (χ3v) is 3.16. The average Bonchev–Trinajstić information content (AvgIpc) is 2.38. The fourth-order valence-electron chi connectivity index (χ4n) is 2.01. The van der Waals surface area contributed by atoms with E-state index in [0.717, 1.165) is 39.4 Å². The predicted octanol–water partition coefficient (Wildman–Crippen LogP) is -0.328. The van der Waals surface area contributed by atoms with Gasteiger partial charge in [0.1, 0.15) is 13.1 Å². The Balaban J connectivity index is 1.83. The van der Waals surface area contributed by atoms with Crippen LogP contribution in [0.4, 0.5) is 11.9 Å². The second-order valence-corrected chi connectivity index (χ2v) is 5.43. The third kappa shape index (κ3) is 5.07. The highest BCUT2D eigenvalue weighted by atomic mass is 35.5. The summed E-state index contributed by atoms with van der Waals surface area (Å²) in [4.78, 5) is 13.9. The van der Waals surface area contributed by atoms with Crippen LogP contribution in [0.3, 0.4) is 0 Å². The zero-order chi connectivity index (χ0) is 14.4. The summed E-state index contributed by atoms with van der Waals surface area (Å²) >= 11 is 5.90. The van der Waals surface area contributed by atoms with Gasteiger partial charge in [-0.15, -0.1) is 0 Å². The Labute approximate surface area is 124 Å². The van der Waals surface area contributed by atoms with Gasteiger partial charge >= 0.3 is 0 Å². The molecule has 112 valence electrons. The first-order valence-corrected chi connectivity index (χ1v) is 7.34. The van der Waals surface area contributed by atoms with Crippen LogP contribution in [0.1, 0.15) is 13.8 Å². The number of morpholine rings is 1. The molecule has 0 saturated carbocycles. The maximum absolute atomic E-state index is 5.90. The Morgan fingerprint density at radius 1 is 1.20 bits per heavy atom.